The van der Waals surface area contributed by atoms with Gasteiger partial charge in [-0.3, -0.25) is 4.79 Å². The molecule has 7 heteroatoms. The zero-order chi connectivity index (χ0) is 19.3. The highest BCUT2D eigenvalue weighted by molar-refractivity contribution is 6.01. The van der Waals surface area contributed by atoms with Crippen molar-refractivity contribution in [3.8, 4) is 11.4 Å². The normalized spacial score (nSPS) is 12.4. The van der Waals surface area contributed by atoms with Crippen molar-refractivity contribution < 1.29 is 19.0 Å². The molecule has 0 saturated carbocycles. The molecule has 7 nitrogen and oxygen atoms in total. The average molecular weight is 361 g/mol. The fraction of sp³-hybridized carbons (Fsp3) is 0.474. The molecule has 2 rings (SSSR count). The predicted molar refractivity (Wildman–Crippen MR) is 99.8 cm³/mol. The molecule has 1 unspecified atom stereocenters. The Kier molecular flexibility index (Phi) is 6.76. The van der Waals surface area contributed by atoms with E-state index in [1.54, 1.807) is 26.0 Å². The number of methoxy groups -OCH3 is 3. The van der Waals surface area contributed by atoms with Gasteiger partial charge in [-0.2, -0.15) is 5.10 Å². The van der Waals surface area contributed by atoms with Crippen LogP contribution in [0.5, 0.6) is 5.75 Å². The van der Waals surface area contributed by atoms with Crippen LogP contribution in [0.2, 0.25) is 0 Å². The summed E-state index contributed by atoms with van der Waals surface area (Å²) in [6, 6.07) is 7.34. The number of hydrogen-bond acceptors (Lipinski definition) is 6. The van der Waals surface area contributed by atoms with Crippen LogP contribution in [0.25, 0.3) is 5.69 Å². The maximum absolute atomic E-state index is 13.1. The molecule has 0 saturated heterocycles. The molecule has 1 aromatic heterocycles. The van der Waals surface area contributed by atoms with Crippen LogP contribution in [0.3, 0.4) is 0 Å². The summed E-state index contributed by atoms with van der Waals surface area (Å²) in [6.07, 6.45) is 0.626. The number of ketones is 1. The minimum atomic E-state index is -0.446. The Morgan fingerprint density at radius 1 is 1.19 bits per heavy atom. The first-order valence-electron chi connectivity index (χ1n) is 8.58. The molecule has 0 aliphatic rings. The summed E-state index contributed by atoms with van der Waals surface area (Å²) in [7, 11) is 4.71. The molecule has 0 aliphatic heterocycles. The van der Waals surface area contributed by atoms with Gasteiger partial charge in [0.25, 0.3) is 0 Å². The largest absolute Gasteiger partial charge is 0.497 e. The molecular formula is C19H27N3O4. The summed E-state index contributed by atoms with van der Waals surface area (Å²) < 4.78 is 17.2. The van der Waals surface area contributed by atoms with Crippen molar-refractivity contribution in [2.75, 3.05) is 27.1 Å². The summed E-state index contributed by atoms with van der Waals surface area (Å²) in [5.74, 6) is 0.305. The van der Waals surface area contributed by atoms with Gasteiger partial charge in [-0.25, -0.2) is 4.68 Å². The third-order valence-electron chi connectivity index (χ3n) is 4.40. The first kappa shape index (κ1) is 19.9. The molecule has 1 heterocycles. The number of nitrogens with two attached hydrogens (primary N) is 1. The topological polar surface area (TPSA) is 88.6 Å². The van der Waals surface area contributed by atoms with Crippen LogP contribution >= 0.6 is 0 Å². The lowest BCUT2D eigenvalue weighted by Crippen LogP contribution is -2.24. The number of anilines is 1. The van der Waals surface area contributed by atoms with E-state index >= 15 is 0 Å². The van der Waals surface area contributed by atoms with E-state index in [4.69, 9.17) is 19.9 Å². The molecule has 0 amide bonds. The van der Waals surface area contributed by atoms with E-state index in [0.717, 1.165) is 11.4 Å². The van der Waals surface area contributed by atoms with Gasteiger partial charge in [0.2, 0.25) is 0 Å². The number of rotatable bonds is 9. The van der Waals surface area contributed by atoms with Gasteiger partial charge in [0.05, 0.1) is 24.2 Å². The Morgan fingerprint density at radius 2 is 1.81 bits per heavy atom. The van der Waals surface area contributed by atoms with Gasteiger partial charge >= 0.3 is 0 Å². The second-order valence-corrected chi connectivity index (χ2v) is 6.07. The number of carbonyl (C=O) groups excluding carboxylic acids is 1. The number of nitrogen functional groups attached to an aromatic ring is 1. The quantitative estimate of drug-likeness (QED) is 0.546. The Labute approximate surface area is 154 Å². The van der Waals surface area contributed by atoms with Gasteiger partial charge in [-0.05, 0) is 30.7 Å². The van der Waals surface area contributed by atoms with Gasteiger partial charge in [-0.1, -0.05) is 13.8 Å². The summed E-state index contributed by atoms with van der Waals surface area (Å²) in [5, 5.41) is 4.54. The number of aryl methyl sites for hydroxylation is 1. The van der Waals surface area contributed by atoms with Crippen molar-refractivity contribution >= 4 is 11.5 Å². The molecule has 2 N–H and O–H groups in total. The van der Waals surface area contributed by atoms with Crippen LogP contribution in [0, 0.1) is 5.92 Å². The van der Waals surface area contributed by atoms with Crippen molar-refractivity contribution in [1.82, 2.24) is 9.78 Å². The molecule has 0 radical (unpaired) electrons. The smallest absolute Gasteiger partial charge is 0.186 e. The number of aromatic nitrogens is 2. The van der Waals surface area contributed by atoms with E-state index in [1.165, 1.54) is 0 Å². The minimum absolute atomic E-state index is 0.0929. The molecule has 0 fully saturated rings. The van der Waals surface area contributed by atoms with Gasteiger partial charge in [0, 0.05) is 26.6 Å². The first-order chi connectivity index (χ1) is 12.5. The van der Waals surface area contributed by atoms with Gasteiger partial charge in [-0.15, -0.1) is 0 Å². The minimum Gasteiger partial charge on any atom is -0.497 e. The highest BCUT2D eigenvalue weighted by Gasteiger charge is 2.27. The third-order valence-corrected chi connectivity index (χ3v) is 4.40. The zero-order valence-corrected chi connectivity index (χ0v) is 16.0. The van der Waals surface area contributed by atoms with E-state index < -0.39 is 6.29 Å². The number of Topliss-reactive ketones (excluding diaryl/α,β-unsaturated/α-hetero) is 1. The number of ether oxygens (including phenoxy) is 3. The maximum atomic E-state index is 13.1. The number of nitrogens with zero attached hydrogens (tertiary/aromatic N) is 2. The van der Waals surface area contributed by atoms with Crippen LogP contribution in [0.1, 0.15) is 36.5 Å². The molecule has 26 heavy (non-hydrogen) atoms. The standard InChI is InChI=1S/C19H27N3O4/c1-6-15-17(20)18(19(23)12(2)11-16(25-4)26-5)22(21-15)13-7-9-14(24-3)10-8-13/h7-10,12,16H,6,11,20H2,1-5H3. The van der Waals surface area contributed by atoms with Crippen LogP contribution in [0.4, 0.5) is 5.69 Å². The van der Waals surface area contributed by atoms with Crippen molar-refractivity contribution in [2.24, 2.45) is 5.92 Å². The lowest BCUT2D eigenvalue weighted by atomic mass is 9.98. The molecule has 0 bridgehead atoms. The SMILES string of the molecule is CCc1nn(-c2ccc(OC)cc2)c(C(=O)C(C)CC(OC)OC)c1N. The molecule has 0 spiro atoms. The lowest BCUT2D eigenvalue weighted by molar-refractivity contribution is -0.110. The van der Waals surface area contributed by atoms with Crippen molar-refractivity contribution in [3.05, 3.63) is 35.7 Å². The molecule has 0 aliphatic carbocycles. The van der Waals surface area contributed by atoms with Crippen LogP contribution in [0.15, 0.2) is 24.3 Å². The second-order valence-electron chi connectivity index (χ2n) is 6.07. The Morgan fingerprint density at radius 3 is 2.31 bits per heavy atom. The number of hydrogen-bond donors (Lipinski definition) is 1. The summed E-state index contributed by atoms with van der Waals surface area (Å²) in [4.78, 5) is 13.1. The van der Waals surface area contributed by atoms with Crippen molar-refractivity contribution in [1.29, 1.82) is 0 Å². The predicted octanol–water partition coefficient (Wildman–Crippen LogP) is 2.85. The van der Waals surface area contributed by atoms with Crippen LogP contribution in [-0.4, -0.2) is 43.2 Å². The number of carbonyl (C=O) groups is 1. The van der Waals surface area contributed by atoms with E-state index in [9.17, 15) is 4.79 Å². The van der Waals surface area contributed by atoms with Crippen LogP contribution < -0.4 is 10.5 Å². The van der Waals surface area contributed by atoms with Gasteiger partial charge < -0.3 is 19.9 Å². The third kappa shape index (κ3) is 4.05. The first-order valence-corrected chi connectivity index (χ1v) is 8.58. The molecule has 2 aromatic rings. The van der Waals surface area contributed by atoms with E-state index in [-0.39, 0.29) is 11.7 Å². The van der Waals surface area contributed by atoms with Crippen molar-refractivity contribution in [3.63, 3.8) is 0 Å². The monoisotopic (exact) mass is 361 g/mol. The molecule has 142 valence electrons. The van der Waals surface area contributed by atoms with E-state index in [1.807, 2.05) is 38.1 Å². The second kappa shape index (κ2) is 8.82. The van der Waals surface area contributed by atoms with Gasteiger partial charge in [0.1, 0.15) is 11.4 Å². The highest BCUT2D eigenvalue weighted by Crippen LogP contribution is 2.27. The Bertz CT molecular complexity index is 736. The maximum Gasteiger partial charge on any atom is 0.186 e. The highest BCUT2D eigenvalue weighted by atomic mass is 16.7. The fourth-order valence-electron chi connectivity index (χ4n) is 2.80. The Hall–Kier alpha value is -2.38. The molecule has 1 aromatic carbocycles. The van der Waals surface area contributed by atoms with E-state index in [0.29, 0.717) is 29.9 Å². The summed E-state index contributed by atoms with van der Waals surface area (Å²) in [6.45, 7) is 3.80. The fourth-order valence-corrected chi connectivity index (χ4v) is 2.80. The summed E-state index contributed by atoms with van der Waals surface area (Å²) >= 11 is 0. The zero-order valence-electron chi connectivity index (χ0n) is 16.0. The summed E-state index contributed by atoms with van der Waals surface area (Å²) in [5.41, 5.74) is 8.52. The van der Waals surface area contributed by atoms with Crippen molar-refractivity contribution in [2.45, 2.75) is 33.0 Å². The van der Waals surface area contributed by atoms with E-state index in [2.05, 4.69) is 5.10 Å². The molecular weight excluding hydrogens is 334 g/mol. The average Bonchev–Trinajstić information content (AvgIpc) is 3.01. The Balaban J connectivity index is 2.42. The van der Waals surface area contributed by atoms with Crippen LogP contribution in [-0.2, 0) is 15.9 Å². The lowest BCUT2D eigenvalue weighted by Gasteiger charge is -2.18. The number of benzene rings is 1. The molecule has 1 atom stereocenters. The van der Waals surface area contributed by atoms with Gasteiger partial charge in [0.15, 0.2) is 12.1 Å².